The third-order valence-electron chi connectivity index (χ3n) is 2.55. The summed E-state index contributed by atoms with van der Waals surface area (Å²) in [6.45, 7) is -0.618. The zero-order valence-corrected chi connectivity index (χ0v) is 11.4. The minimum Gasteiger partial charge on any atom is -0.481 e. The van der Waals surface area contributed by atoms with E-state index in [1.807, 2.05) is 0 Å². The Morgan fingerprint density at radius 3 is 1.27 bits per heavy atom. The molecule has 0 unspecified atom stereocenters. The first kappa shape index (κ1) is 19.8. The highest BCUT2D eigenvalue weighted by molar-refractivity contribution is 5.81. The van der Waals surface area contributed by atoms with Crippen molar-refractivity contribution >= 4 is 23.9 Å². The van der Waals surface area contributed by atoms with Crippen molar-refractivity contribution < 1.29 is 44.7 Å². The summed E-state index contributed by atoms with van der Waals surface area (Å²) in [5.74, 6) is -5.48. The molecule has 0 aliphatic heterocycles. The van der Waals surface area contributed by atoms with Crippen LogP contribution < -0.4 is 10.6 Å². The lowest BCUT2D eigenvalue weighted by Crippen LogP contribution is -2.47. The van der Waals surface area contributed by atoms with E-state index in [2.05, 4.69) is 10.6 Å². The summed E-state index contributed by atoms with van der Waals surface area (Å²) >= 11 is 0. The molecule has 0 aromatic carbocycles. The monoisotopic (exact) mass is 322 g/mol. The topological polar surface area (TPSA) is 193 Å². The minimum absolute atomic E-state index is 0.309. The highest BCUT2D eigenvalue weighted by atomic mass is 16.4. The predicted octanol–water partition coefficient (Wildman–Crippen LogP) is -2.62. The van der Waals surface area contributed by atoms with Crippen molar-refractivity contribution in [3.05, 3.63) is 0 Å². The highest BCUT2D eigenvalue weighted by Gasteiger charge is 2.23. The van der Waals surface area contributed by atoms with Crippen LogP contribution >= 0.6 is 0 Å². The van der Waals surface area contributed by atoms with E-state index in [1.54, 1.807) is 0 Å². The van der Waals surface area contributed by atoms with E-state index in [4.69, 9.17) is 20.4 Å². The van der Waals surface area contributed by atoms with E-state index < -0.39 is 54.9 Å². The van der Waals surface area contributed by atoms with Gasteiger partial charge in [-0.05, 0) is 0 Å². The lowest BCUT2D eigenvalue weighted by molar-refractivity contribution is -0.146. The first-order valence-electron chi connectivity index (χ1n) is 6.17. The summed E-state index contributed by atoms with van der Waals surface area (Å²) in [4.78, 5) is 42.4. The first-order chi connectivity index (χ1) is 10.1. The van der Waals surface area contributed by atoms with Crippen molar-refractivity contribution in [2.45, 2.75) is 31.0 Å². The Bertz CT molecular complexity index is 388. The number of nitrogens with one attached hydrogen (secondary N) is 2. The van der Waals surface area contributed by atoms with Crippen molar-refractivity contribution in [1.82, 2.24) is 10.6 Å². The first-order valence-corrected chi connectivity index (χ1v) is 6.17. The molecule has 0 aliphatic carbocycles. The lowest BCUT2D eigenvalue weighted by Gasteiger charge is -2.18. The van der Waals surface area contributed by atoms with Crippen molar-refractivity contribution in [3.8, 4) is 0 Å². The molecule has 0 aliphatic rings. The fraction of sp³-hybridized carbons (Fsp3) is 0.636. The number of aliphatic carboxylic acids is 4. The Kier molecular flexibility index (Phi) is 8.67. The molecule has 0 fully saturated rings. The quantitative estimate of drug-likeness (QED) is 0.199. The lowest BCUT2D eigenvalue weighted by atomic mass is 10.2. The molecule has 0 heterocycles. The van der Waals surface area contributed by atoms with Gasteiger partial charge in [0.05, 0.1) is 18.9 Å². The average molecular weight is 322 g/mol. The molecule has 7 N–H and O–H groups in total. The summed E-state index contributed by atoms with van der Waals surface area (Å²) in [5, 5.41) is 48.8. The van der Waals surface area contributed by atoms with Crippen molar-refractivity contribution in [3.63, 3.8) is 0 Å². The predicted molar refractivity (Wildman–Crippen MR) is 69.4 cm³/mol. The number of carbonyl (C=O) groups is 4. The second-order valence-electron chi connectivity index (χ2n) is 4.45. The number of aliphatic hydroxyl groups is 1. The molecule has 0 aromatic rings. The summed E-state index contributed by atoms with van der Waals surface area (Å²) < 4.78 is 0. The van der Waals surface area contributed by atoms with Crippen LogP contribution in [0.5, 0.6) is 0 Å². The van der Waals surface area contributed by atoms with Crippen LogP contribution in [0.2, 0.25) is 0 Å². The second-order valence-corrected chi connectivity index (χ2v) is 4.45. The van der Waals surface area contributed by atoms with Gasteiger partial charge in [-0.3, -0.25) is 19.2 Å². The smallest absolute Gasteiger partial charge is 0.321 e. The summed E-state index contributed by atoms with van der Waals surface area (Å²) in [6.07, 6.45) is -2.61. The molecule has 126 valence electrons. The average Bonchev–Trinajstić information content (AvgIpc) is 2.37. The molecular weight excluding hydrogens is 304 g/mol. The van der Waals surface area contributed by atoms with E-state index in [0.29, 0.717) is 0 Å². The van der Waals surface area contributed by atoms with Gasteiger partial charge in [-0.25, -0.2) is 0 Å². The van der Waals surface area contributed by atoms with Gasteiger partial charge in [-0.1, -0.05) is 0 Å². The van der Waals surface area contributed by atoms with Gasteiger partial charge in [0, 0.05) is 13.1 Å². The van der Waals surface area contributed by atoms with E-state index in [0.717, 1.165) is 0 Å². The second kappa shape index (κ2) is 9.65. The number of carboxylic acids is 4. The normalized spacial score (nSPS) is 13.5. The molecule has 11 heteroatoms. The molecule has 2 atom stereocenters. The van der Waals surface area contributed by atoms with Gasteiger partial charge in [-0.2, -0.15) is 0 Å². The molecule has 0 spiro atoms. The van der Waals surface area contributed by atoms with E-state index in [-0.39, 0.29) is 13.1 Å². The SMILES string of the molecule is O=C(O)C[C@H](NCC(O)CN[C@@H](CC(=O)O)C(=O)O)C(=O)O. The molecule has 0 aromatic heterocycles. The molecule has 0 amide bonds. The molecule has 0 rings (SSSR count). The van der Waals surface area contributed by atoms with Gasteiger partial charge in [0.15, 0.2) is 0 Å². The summed E-state index contributed by atoms with van der Waals surface area (Å²) in [7, 11) is 0. The third-order valence-corrected chi connectivity index (χ3v) is 2.55. The van der Waals surface area contributed by atoms with Crippen LogP contribution in [0, 0.1) is 0 Å². The summed E-state index contributed by atoms with van der Waals surface area (Å²) in [6, 6.07) is -2.80. The standard InChI is InChI=1S/C11H18N2O9/c14-5(3-12-6(10(19)20)1-8(15)16)4-13-7(11(21)22)2-9(17)18/h5-7,12-14H,1-4H2,(H,15,16)(H,17,18)(H,19,20)(H,21,22)/t6-,7-/m0/s1. The molecule has 0 saturated heterocycles. The van der Waals surface area contributed by atoms with Crippen molar-refractivity contribution in [2.24, 2.45) is 0 Å². The van der Waals surface area contributed by atoms with Crippen molar-refractivity contribution in [1.29, 1.82) is 0 Å². The highest BCUT2D eigenvalue weighted by Crippen LogP contribution is 1.96. The van der Waals surface area contributed by atoms with Gasteiger partial charge in [0.1, 0.15) is 12.1 Å². The minimum atomic E-state index is -1.41. The molecule has 22 heavy (non-hydrogen) atoms. The van der Waals surface area contributed by atoms with Crippen LogP contribution in [0.4, 0.5) is 0 Å². The number of hydrogen-bond donors (Lipinski definition) is 7. The third kappa shape index (κ3) is 8.84. The van der Waals surface area contributed by atoms with Gasteiger partial charge in [-0.15, -0.1) is 0 Å². The fourth-order valence-corrected chi connectivity index (χ4v) is 1.47. The number of hydrogen-bond acceptors (Lipinski definition) is 7. The molecule has 11 nitrogen and oxygen atoms in total. The van der Waals surface area contributed by atoms with Crippen LogP contribution in [0.1, 0.15) is 12.8 Å². The number of rotatable bonds is 12. The molecule has 0 saturated carbocycles. The largest absolute Gasteiger partial charge is 0.481 e. The molecular formula is C11H18N2O9. The number of aliphatic hydroxyl groups excluding tert-OH is 1. The van der Waals surface area contributed by atoms with Gasteiger partial charge in [0.25, 0.3) is 0 Å². The zero-order valence-electron chi connectivity index (χ0n) is 11.4. The fourth-order valence-electron chi connectivity index (χ4n) is 1.47. The van der Waals surface area contributed by atoms with Crippen LogP contribution in [-0.2, 0) is 19.2 Å². The Balaban J connectivity index is 4.28. The van der Waals surface area contributed by atoms with Crippen molar-refractivity contribution in [2.75, 3.05) is 13.1 Å². The van der Waals surface area contributed by atoms with E-state index in [1.165, 1.54) is 0 Å². The van der Waals surface area contributed by atoms with E-state index >= 15 is 0 Å². The van der Waals surface area contributed by atoms with Gasteiger partial charge < -0.3 is 36.2 Å². The van der Waals surface area contributed by atoms with Crippen LogP contribution in [-0.4, -0.2) is 80.7 Å². The maximum Gasteiger partial charge on any atom is 0.321 e. The molecule has 0 bridgehead atoms. The van der Waals surface area contributed by atoms with Crippen LogP contribution in [0.3, 0.4) is 0 Å². The van der Waals surface area contributed by atoms with Gasteiger partial charge >= 0.3 is 23.9 Å². The van der Waals surface area contributed by atoms with Gasteiger partial charge in [0.2, 0.25) is 0 Å². The van der Waals surface area contributed by atoms with E-state index in [9.17, 15) is 24.3 Å². The Labute approximate surface area is 124 Å². The zero-order chi connectivity index (χ0) is 17.3. The Morgan fingerprint density at radius 1 is 0.727 bits per heavy atom. The van der Waals surface area contributed by atoms with Crippen LogP contribution in [0.15, 0.2) is 0 Å². The Morgan fingerprint density at radius 2 is 1.05 bits per heavy atom. The van der Waals surface area contributed by atoms with Crippen LogP contribution in [0.25, 0.3) is 0 Å². The Hall–Kier alpha value is -2.24. The summed E-state index contributed by atoms with van der Waals surface area (Å²) in [5.41, 5.74) is 0. The molecule has 0 radical (unpaired) electrons. The number of carboxylic acid groups (broad SMARTS) is 4. The maximum absolute atomic E-state index is 10.8. The maximum atomic E-state index is 10.8.